The zero-order valence-corrected chi connectivity index (χ0v) is 18.4. The van der Waals surface area contributed by atoms with Crippen molar-refractivity contribution in [1.29, 1.82) is 0 Å². The summed E-state index contributed by atoms with van der Waals surface area (Å²) in [6, 6.07) is 15.7. The van der Waals surface area contributed by atoms with E-state index in [9.17, 15) is 0 Å². The van der Waals surface area contributed by atoms with Crippen molar-refractivity contribution in [2.24, 2.45) is 0 Å². The molecule has 0 radical (unpaired) electrons. The number of halogens is 1. The molecule has 0 N–H and O–H groups in total. The first kappa shape index (κ1) is 19.8. The number of aromatic nitrogens is 7. The first-order valence-electron chi connectivity index (χ1n) is 10.4. The van der Waals surface area contributed by atoms with Gasteiger partial charge in [-0.3, -0.25) is 4.57 Å². The molecule has 0 amide bonds. The molecule has 0 unspecified atom stereocenters. The number of rotatable bonds is 5. The third kappa shape index (κ3) is 3.51. The van der Waals surface area contributed by atoms with E-state index in [1.54, 1.807) is 13.3 Å². The van der Waals surface area contributed by atoms with Gasteiger partial charge >= 0.3 is 0 Å². The van der Waals surface area contributed by atoms with Crippen molar-refractivity contribution in [3.63, 3.8) is 0 Å². The highest BCUT2D eigenvalue weighted by molar-refractivity contribution is 6.31. The van der Waals surface area contributed by atoms with Gasteiger partial charge in [0.25, 0.3) is 0 Å². The highest BCUT2D eigenvalue weighted by Gasteiger charge is 2.28. The lowest BCUT2D eigenvalue weighted by atomic mass is 10.1. The Labute approximate surface area is 193 Å². The van der Waals surface area contributed by atoms with Crippen LogP contribution >= 0.6 is 11.6 Å². The Kier molecular flexibility index (Phi) is 4.78. The Hall–Kier alpha value is -3.82. The summed E-state index contributed by atoms with van der Waals surface area (Å²) in [5, 5.41) is 13.6. The number of imidazole rings is 1. The van der Waals surface area contributed by atoms with E-state index in [0.29, 0.717) is 53.8 Å². The van der Waals surface area contributed by atoms with Crippen molar-refractivity contribution in [1.82, 2.24) is 34.5 Å². The van der Waals surface area contributed by atoms with Gasteiger partial charge in [-0.15, -0.1) is 10.2 Å². The molecule has 2 aromatic carbocycles. The zero-order chi connectivity index (χ0) is 22.4. The summed E-state index contributed by atoms with van der Waals surface area (Å²) in [4.78, 5) is 8.96. The van der Waals surface area contributed by atoms with Crippen LogP contribution in [0.3, 0.4) is 0 Å². The van der Waals surface area contributed by atoms with Crippen LogP contribution in [0.25, 0.3) is 28.6 Å². The maximum Gasteiger partial charge on any atom is 0.223 e. The molecular formula is C23H18ClN7O2. The van der Waals surface area contributed by atoms with Crippen LogP contribution in [0, 0.1) is 6.92 Å². The molecule has 1 aliphatic heterocycles. The van der Waals surface area contributed by atoms with Crippen molar-refractivity contribution in [3.05, 3.63) is 82.9 Å². The molecule has 164 valence electrons. The second-order valence-corrected chi connectivity index (χ2v) is 8.15. The maximum absolute atomic E-state index is 6.35. The van der Waals surface area contributed by atoms with Gasteiger partial charge in [0.2, 0.25) is 11.7 Å². The van der Waals surface area contributed by atoms with Crippen LogP contribution in [0.2, 0.25) is 5.02 Å². The van der Waals surface area contributed by atoms with Gasteiger partial charge in [0.05, 0.1) is 24.5 Å². The highest BCUT2D eigenvalue weighted by atomic mass is 35.5. The minimum absolute atomic E-state index is 0.308. The normalized spacial score (nSPS) is 12.2. The lowest BCUT2D eigenvalue weighted by molar-refractivity contribution is 0.0994. The summed E-state index contributed by atoms with van der Waals surface area (Å²) in [5.41, 5.74) is 4.39. The third-order valence-corrected chi connectivity index (χ3v) is 5.78. The average molecular weight is 460 g/mol. The number of aryl methyl sites for hydroxylation is 1. The van der Waals surface area contributed by atoms with E-state index < -0.39 is 0 Å². The largest absolute Gasteiger partial charge is 0.369 e. The summed E-state index contributed by atoms with van der Waals surface area (Å²) >= 11 is 6.35. The number of hydrogen-bond donors (Lipinski definition) is 0. The summed E-state index contributed by atoms with van der Waals surface area (Å²) in [5.74, 6) is 2.34. The molecule has 1 aliphatic rings. The van der Waals surface area contributed by atoms with E-state index in [2.05, 4.69) is 25.3 Å². The van der Waals surface area contributed by atoms with Crippen LogP contribution in [-0.2, 0) is 24.5 Å². The number of hydrogen-bond acceptors (Lipinski definition) is 7. The van der Waals surface area contributed by atoms with Gasteiger partial charge < -0.3 is 13.8 Å². The Morgan fingerprint density at radius 2 is 1.97 bits per heavy atom. The van der Waals surface area contributed by atoms with Crippen LogP contribution in [0.15, 0.2) is 59.4 Å². The molecule has 0 fully saturated rings. The molecule has 0 saturated heterocycles. The Morgan fingerprint density at radius 1 is 1.09 bits per heavy atom. The van der Waals surface area contributed by atoms with E-state index in [-0.39, 0.29) is 0 Å². The molecule has 4 heterocycles. The predicted octanol–water partition coefficient (Wildman–Crippen LogP) is 4.22. The molecule has 10 heteroatoms. The van der Waals surface area contributed by atoms with Crippen molar-refractivity contribution < 1.29 is 9.26 Å². The van der Waals surface area contributed by atoms with Crippen LogP contribution in [0.1, 0.15) is 23.0 Å². The van der Waals surface area contributed by atoms with Gasteiger partial charge in [-0.25, -0.2) is 4.98 Å². The van der Waals surface area contributed by atoms with Gasteiger partial charge in [0.15, 0.2) is 11.6 Å². The molecule has 0 saturated carbocycles. The second-order valence-electron chi connectivity index (χ2n) is 7.71. The first-order valence-corrected chi connectivity index (χ1v) is 10.8. The topological polar surface area (TPSA) is 96.7 Å². The van der Waals surface area contributed by atoms with Crippen molar-refractivity contribution >= 4 is 11.6 Å². The van der Waals surface area contributed by atoms with Gasteiger partial charge in [0.1, 0.15) is 18.6 Å². The fraction of sp³-hybridized carbons (Fsp3) is 0.174. The van der Waals surface area contributed by atoms with E-state index in [1.807, 2.05) is 57.7 Å². The number of benzene rings is 2. The smallest absolute Gasteiger partial charge is 0.223 e. The van der Waals surface area contributed by atoms with E-state index in [1.165, 1.54) is 0 Å². The van der Waals surface area contributed by atoms with Crippen LogP contribution < -0.4 is 0 Å². The minimum atomic E-state index is 0.308. The Balaban J connectivity index is 1.42. The maximum atomic E-state index is 6.35. The molecule has 0 aliphatic carbocycles. The molecule has 0 atom stereocenters. The fourth-order valence-electron chi connectivity index (χ4n) is 4.00. The predicted molar refractivity (Wildman–Crippen MR) is 120 cm³/mol. The van der Waals surface area contributed by atoms with Gasteiger partial charge in [0, 0.05) is 17.5 Å². The average Bonchev–Trinajstić information content (AvgIpc) is 3.52. The van der Waals surface area contributed by atoms with Crippen LogP contribution in [-0.4, -0.2) is 34.5 Å². The summed E-state index contributed by atoms with van der Waals surface area (Å²) < 4.78 is 15.2. The van der Waals surface area contributed by atoms with Crippen molar-refractivity contribution in [3.8, 4) is 28.6 Å². The van der Waals surface area contributed by atoms with E-state index in [4.69, 9.17) is 20.9 Å². The van der Waals surface area contributed by atoms with Crippen LogP contribution in [0.4, 0.5) is 0 Å². The number of nitrogens with zero attached hydrogens (tertiary/aromatic N) is 7. The number of ether oxygens (including phenoxy) is 1. The summed E-state index contributed by atoms with van der Waals surface area (Å²) in [7, 11) is 0. The second kappa shape index (κ2) is 7.95. The quantitative estimate of drug-likeness (QED) is 0.380. The summed E-state index contributed by atoms with van der Waals surface area (Å²) in [6.07, 6.45) is 1.76. The monoisotopic (exact) mass is 459 g/mol. The first-order chi connectivity index (χ1) is 16.2. The zero-order valence-electron chi connectivity index (χ0n) is 17.6. The van der Waals surface area contributed by atoms with Gasteiger partial charge in [-0.1, -0.05) is 47.1 Å². The van der Waals surface area contributed by atoms with Crippen molar-refractivity contribution in [2.45, 2.75) is 26.7 Å². The lowest BCUT2D eigenvalue weighted by Gasteiger charge is -2.09. The minimum Gasteiger partial charge on any atom is -0.369 e. The van der Waals surface area contributed by atoms with Gasteiger partial charge in [-0.05, 0) is 23.8 Å². The molecule has 6 rings (SSSR count). The van der Waals surface area contributed by atoms with Gasteiger partial charge in [-0.2, -0.15) is 4.98 Å². The van der Waals surface area contributed by atoms with Crippen LogP contribution in [0.5, 0.6) is 0 Å². The number of fused-ring (bicyclic) bond motifs is 5. The standard InChI is InChI=1S/C23H18ClN7O2/c1-14-26-22(29-33-14)21-19-10-30-20(12-32-11-15-5-3-2-4-6-15)27-28-23(30)17-9-16(24)7-8-18(17)31(19)13-25-21/h2-9,13H,10-12H2,1H3. The third-order valence-electron chi connectivity index (χ3n) is 5.54. The molecule has 3 aromatic heterocycles. The Bertz CT molecular complexity index is 1460. The van der Waals surface area contributed by atoms with E-state index >= 15 is 0 Å². The molecule has 0 spiro atoms. The molecule has 9 nitrogen and oxygen atoms in total. The van der Waals surface area contributed by atoms with E-state index in [0.717, 1.165) is 22.5 Å². The molecular weight excluding hydrogens is 442 g/mol. The molecule has 33 heavy (non-hydrogen) atoms. The molecule has 0 bridgehead atoms. The summed E-state index contributed by atoms with van der Waals surface area (Å²) in [6.45, 7) is 3.00. The SMILES string of the molecule is Cc1nc(-c2ncn3c2Cn2c(COCc4ccccc4)nnc2-c2cc(Cl)ccc2-3)no1. The highest BCUT2D eigenvalue weighted by Crippen LogP contribution is 2.35. The lowest BCUT2D eigenvalue weighted by Crippen LogP contribution is -2.09. The Morgan fingerprint density at radius 3 is 2.79 bits per heavy atom. The fourth-order valence-corrected chi connectivity index (χ4v) is 4.18. The molecule has 5 aromatic rings. The van der Waals surface area contributed by atoms with Crippen molar-refractivity contribution in [2.75, 3.05) is 0 Å².